The number of hydrogen-bond donors (Lipinski definition) is 0. The van der Waals surface area contributed by atoms with Crippen molar-refractivity contribution in [2.75, 3.05) is 0 Å². The minimum Gasteiger partial charge on any atom is -0.299 e. The zero-order chi connectivity index (χ0) is 30.3. The van der Waals surface area contributed by atoms with Crippen LogP contribution in [0, 0.1) is 0 Å². The smallest absolute Gasteiger partial charge is 0.134 e. The van der Waals surface area contributed by atoms with Gasteiger partial charge in [-0.2, -0.15) is 4.36 Å². The molecule has 1 aliphatic carbocycles. The highest BCUT2D eigenvalue weighted by Crippen LogP contribution is 2.55. The second-order valence-electron chi connectivity index (χ2n) is 12.4. The lowest BCUT2D eigenvalue weighted by Crippen LogP contribution is -2.17. The topological polar surface area (TPSA) is 34.4 Å². The van der Waals surface area contributed by atoms with Crippen LogP contribution in [0.25, 0.3) is 43.5 Å². The molecule has 3 nitrogen and oxygen atoms in total. The maximum absolute atomic E-state index is 16.1. The molecule has 0 saturated heterocycles. The van der Waals surface area contributed by atoms with Crippen molar-refractivity contribution in [2.45, 2.75) is 24.2 Å². The average molecular weight is 599 g/mol. The van der Waals surface area contributed by atoms with Crippen molar-refractivity contribution in [1.82, 2.24) is 4.57 Å². The molecule has 0 amide bonds. The number of hydrogen-bond acceptors (Lipinski definition) is 2. The molecule has 9 rings (SSSR count). The van der Waals surface area contributed by atoms with Gasteiger partial charge in [-0.15, -0.1) is 0 Å². The first-order valence-electron chi connectivity index (χ1n) is 15.4. The number of rotatable bonds is 3. The summed E-state index contributed by atoms with van der Waals surface area (Å²) in [5, 5.41) is 2.98. The normalized spacial score (nSPS) is 18.0. The predicted molar refractivity (Wildman–Crippen MR) is 187 cm³/mol. The van der Waals surface area contributed by atoms with Gasteiger partial charge in [0.25, 0.3) is 0 Å². The molecule has 2 aliphatic rings. The van der Waals surface area contributed by atoms with Crippen LogP contribution >= 0.6 is 0 Å². The summed E-state index contributed by atoms with van der Waals surface area (Å²) in [6, 6.07) is 50.2. The summed E-state index contributed by atoms with van der Waals surface area (Å²) >= 11 is 0. The Morgan fingerprint density at radius 2 is 1.24 bits per heavy atom. The molecule has 0 radical (unpaired) electrons. The van der Waals surface area contributed by atoms with Crippen LogP contribution in [-0.2, 0) is 15.1 Å². The SMILES string of the molecule is CC1(C)c2ccccc2-c2c1ccc1c3ccccc3n(C3=C(c4ccccc4)c4ccccc4N=S3(=O)c3ccccc3)c21. The third kappa shape index (κ3) is 3.54. The van der Waals surface area contributed by atoms with E-state index in [-0.39, 0.29) is 5.41 Å². The van der Waals surface area contributed by atoms with Gasteiger partial charge in [-0.25, -0.2) is 4.21 Å². The molecular weight excluding hydrogens is 569 g/mol. The van der Waals surface area contributed by atoms with E-state index in [9.17, 15) is 0 Å². The minimum atomic E-state index is -3.18. The lowest BCUT2D eigenvalue weighted by Gasteiger charge is -2.28. The van der Waals surface area contributed by atoms with Gasteiger partial charge < -0.3 is 0 Å². The summed E-state index contributed by atoms with van der Waals surface area (Å²) in [4.78, 5) is 0.696. The number of fused-ring (bicyclic) bond motifs is 8. The molecule has 0 N–H and O–H groups in total. The van der Waals surface area contributed by atoms with Crippen LogP contribution in [0.1, 0.15) is 36.1 Å². The van der Waals surface area contributed by atoms with Crippen molar-refractivity contribution in [3.8, 4) is 11.1 Å². The van der Waals surface area contributed by atoms with Crippen molar-refractivity contribution in [3.63, 3.8) is 0 Å². The Morgan fingerprint density at radius 1 is 0.600 bits per heavy atom. The van der Waals surface area contributed by atoms with Gasteiger partial charge in [0.15, 0.2) is 0 Å². The molecule has 45 heavy (non-hydrogen) atoms. The number of nitrogens with zero attached hydrogens (tertiary/aromatic N) is 2. The zero-order valence-corrected chi connectivity index (χ0v) is 25.9. The first-order valence-corrected chi connectivity index (χ1v) is 16.9. The Hall–Kier alpha value is -5.19. The lowest BCUT2D eigenvalue weighted by molar-refractivity contribution is 0.661. The van der Waals surface area contributed by atoms with Crippen LogP contribution < -0.4 is 0 Å². The first-order chi connectivity index (χ1) is 22.0. The van der Waals surface area contributed by atoms with Gasteiger partial charge in [0.1, 0.15) is 14.8 Å². The fourth-order valence-corrected chi connectivity index (χ4v) is 9.86. The van der Waals surface area contributed by atoms with E-state index in [1.165, 1.54) is 22.3 Å². The molecule has 4 heteroatoms. The summed E-state index contributed by atoms with van der Waals surface area (Å²) in [6.07, 6.45) is 0. The Kier molecular flexibility index (Phi) is 5.48. The van der Waals surface area contributed by atoms with Gasteiger partial charge >= 0.3 is 0 Å². The summed E-state index contributed by atoms with van der Waals surface area (Å²) in [6.45, 7) is 4.62. The molecule has 1 aliphatic heterocycles. The number of benzene rings is 6. The quantitative estimate of drug-likeness (QED) is 0.199. The largest absolute Gasteiger partial charge is 0.299 e. The van der Waals surface area contributed by atoms with Gasteiger partial charge in [0, 0.05) is 32.9 Å². The molecule has 0 saturated carbocycles. The maximum atomic E-state index is 16.1. The molecule has 0 spiro atoms. The van der Waals surface area contributed by atoms with Crippen LogP contribution in [-0.4, -0.2) is 8.78 Å². The van der Waals surface area contributed by atoms with Crippen molar-refractivity contribution in [2.24, 2.45) is 4.36 Å². The van der Waals surface area contributed by atoms with Gasteiger partial charge in [0.2, 0.25) is 0 Å². The number of aromatic nitrogens is 1. The molecule has 6 aromatic carbocycles. The van der Waals surface area contributed by atoms with E-state index in [0.717, 1.165) is 44.2 Å². The van der Waals surface area contributed by atoms with E-state index < -0.39 is 9.73 Å². The monoisotopic (exact) mass is 598 g/mol. The second kappa shape index (κ2) is 9.40. The van der Waals surface area contributed by atoms with Crippen LogP contribution in [0.3, 0.4) is 0 Å². The summed E-state index contributed by atoms with van der Waals surface area (Å²) < 4.78 is 23.6. The first kappa shape index (κ1) is 26.2. The molecule has 1 unspecified atom stereocenters. The molecule has 0 bridgehead atoms. The third-order valence-corrected chi connectivity index (χ3v) is 11.9. The fourth-order valence-electron chi connectivity index (χ4n) is 7.54. The van der Waals surface area contributed by atoms with E-state index in [2.05, 4.69) is 109 Å². The molecule has 7 aromatic rings. The van der Waals surface area contributed by atoms with E-state index >= 15 is 4.21 Å². The van der Waals surface area contributed by atoms with Crippen LogP contribution in [0.2, 0.25) is 0 Å². The molecule has 0 fully saturated rings. The summed E-state index contributed by atoms with van der Waals surface area (Å²) in [7, 11) is -3.18. The molecule has 1 aromatic heterocycles. The molecule has 1 atom stereocenters. The Balaban J connectivity index is 1.57. The maximum Gasteiger partial charge on any atom is 0.134 e. The van der Waals surface area contributed by atoms with Crippen LogP contribution in [0.4, 0.5) is 5.69 Å². The van der Waals surface area contributed by atoms with E-state index in [4.69, 9.17) is 4.36 Å². The summed E-state index contributed by atoms with van der Waals surface area (Å²) in [5.41, 5.74) is 10.6. The highest BCUT2D eigenvalue weighted by atomic mass is 32.2. The third-order valence-electron chi connectivity index (χ3n) is 9.58. The molecule has 2 heterocycles. The Labute approximate surface area is 263 Å². The predicted octanol–water partition coefficient (Wildman–Crippen LogP) is 10.6. The van der Waals surface area contributed by atoms with Gasteiger partial charge in [0.05, 0.1) is 21.6 Å². The van der Waals surface area contributed by atoms with E-state index in [1.54, 1.807) is 0 Å². The zero-order valence-electron chi connectivity index (χ0n) is 25.1. The highest BCUT2D eigenvalue weighted by Gasteiger charge is 2.39. The average Bonchev–Trinajstić information content (AvgIpc) is 3.53. The van der Waals surface area contributed by atoms with Crippen LogP contribution in [0.5, 0.6) is 0 Å². The van der Waals surface area contributed by atoms with Gasteiger partial charge in [-0.1, -0.05) is 135 Å². The molecule has 216 valence electrons. The lowest BCUT2D eigenvalue weighted by atomic mass is 9.82. The van der Waals surface area contributed by atoms with E-state index in [1.807, 2.05) is 54.6 Å². The van der Waals surface area contributed by atoms with Crippen molar-refractivity contribution in [3.05, 3.63) is 168 Å². The highest BCUT2D eigenvalue weighted by molar-refractivity contribution is 8.02. The standard InChI is InChI=1S/C41H30N2OS/c1-41(2)33-22-12-9-20-31(33)38-34(41)26-25-30-29-19-11-14-24-36(29)43(39(30)38)40-37(27-15-5-3-6-16-27)32-21-10-13-23-35(32)42-45(40,44)28-17-7-4-8-18-28/h3-26H,1-2H3. The fraction of sp³-hybridized carbons (Fsp3) is 0.0732. The van der Waals surface area contributed by atoms with Crippen molar-refractivity contribution >= 4 is 47.8 Å². The Morgan fingerprint density at radius 3 is 2.04 bits per heavy atom. The van der Waals surface area contributed by atoms with Crippen molar-refractivity contribution in [1.29, 1.82) is 0 Å². The molecular formula is C41H30N2OS. The van der Waals surface area contributed by atoms with Gasteiger partial charge in [-0.3, -0.25) is 4.57 Å². The number of para-hydroxylation sites is 1. The van der Waals surface area contributed by atoms with Crippen molar-refractivity contribution < 1.29 is 4.21 Å². The Bertz CT molecular complexity index is 2490. The van der Waals surface area contributed by atoms with Gasteiger partial charge in [-0.05, 0) is 46.5 Å². The minimum absolute atomic E-state index is 0.178. The summed E-state index contributed by atoms with van der Waals surface area (Å²) in [5.74, 6) is 0. The second-order valence-corrected chi connectivity index (χ2v) is 14.5. The van der Waals surface area contributed by atoms with E-state index in [0.29, 0.717) is 9.92 Å². The van der Waals surface area contributed by atoms with Crippen LogP contribution in [0.15, 0.2) is 155 Å².